The highest BCUT2D eigenvalue weighted by Gasteiger charge is 2.27. The number of benzene rings is 1. The molecule has 0 spiro atoms. The molecule has 1 aromatic carbocycles. The van der Waals surface area contributed by atoms with Crippen LogP contribution < -0.4 is 10.5 Å². The van der Waals surface area contributed by atoms with Gasteiger partial charge in [0.05, 0.1) is 5.39 Å². The number of carbonyl (C=O) groups is 1. The monoisotopic (exact) mass is 364 g/mol. The van der Waals surface area contributed by atoms with E-state index in [4.69, 9.17) is 0 Å². The Labute approximate surface area is 156 Å². The van der Waals surface area contributed by atoms with Crippen molar-refractivity contribution in [3.8, 4) is 0 Å². The molecule has 1 atom stereocenters. The van der Waals surface area contributed by atoms with Gasteiger partial charge in [-0.1, -0.05) is 23.4 Å². The largest absolute Gasteiger partial charge is 0.353 e. The van der Waals surface area contributed by atoms with Crippen LogP contribution in [-0.2, 0) is 4.79 Å². The lowest BCUT2D eigenvalue weighted by Gasteiger charge is -2.36. The van der Waals surface area contributed by atoms with Gasteiger partial charge in [0.1, 0.15) is 17.4 Å². The van der Waals surface area contributed by atoms with Crippen LogP contribution in [0.15, 0.2) is 53.5 Å². The molecule has 1 saturated heterocycles. The summed E-state index contributed by atoms with van der Waals surface area (Å²) in [6, 6.07) is 12.1. The van der Waals surface area contributed by atoms with E-state index in [1.54, 1.807) is 42.3 Å². The van der Waals surface area contributed by atoms with Gasteiger partial charge in [-0.05, 0) is 31.2 Å². The smallest absolute Gasteiger partial charge is 0.278 e. The van der Waals surface area contributed by atoms with Crippen molar-refractivity contribution in [1.82, 2.24) is 24.9 Å². The normalized spacial score (nSPS) is 15.7. The molecule has 8 heteroatoms. The van der Waals surface area contributed by atoms with E-state index in [-0.39, 0.29) is 11.5 Å². The highest BCUT2D eigenvalue weighted by molar-refractivity contribution is 5.81. The highest BCUT2D eigenvalue weighted by Crippen LogP contribution is 2.15. The molecule has 1 aliphatic rings. The minimum absolute atomic E-state index is 0.123. The van der Waals surface area contributed by atoms with Gasteiger partial charge in [0, 0.05) is 32.4 Å². The SMILES string of the molecule is C[C@@H](C(=O)N1CCN(c2ccccn2)CC1)n1nnc2ccccc2c1=O. The summed E-state index contributed by atoms with van der Waals surface area (Å²) in [6.45, 7) is 4.25. The van der Waals surface area contributed by atoms with E-state index in [1.165, 1.54) is 4.68 Å². The van der Waals surface area contributed by atoms with Crippen molar-refractivity contribution in [3.05, 3.63) is 59.0 Å². The Balaban J connectivity index is 1.49. The van der Waals surface area contributed by atoms with Crippen molar-refractivity contribution in [2.24, 2.45) is 0 Å². The van der Waals surface area contributed by atoms with Gasteiger partial charge >= 0.3 is 0 Å². The van der Waals surface area contributed by atoms with Crippen LogP contribution in [-0.4, -0.2) is 57.0 Å². The number of nitrogens with zero attached hydrogens (tertiary/aromatic N) is 6. The molecule has 0 N–H and O–H groups in total. The molecule has 0 radical (unpaired) electrons. The van der Waals surface area contributed by atoms with Crippen LogP contribution in [0.1, 0.15) is 13.0 Å². The van der Waals surface area contributed by atoms with E-state index < -0.39 is 6.04 Å². The zero-order valence-corrected chi connectivity index (χ0v) is 15.0. The molecule has 1 fully saturated rings. The summed E-state index contributed by atoms with van der Waals surface area (Å²) in [5, 5.41) is 8.50. The van der Waals surface area contributed by atoms with Gasteiger partial charge in [-0.15, -0.1) is 5.10 Å². The van der Waals surface area contributed by atoms with Gasteiger partial charge in [0.25, 0.3) is 5.56 Å². The van der Waals surface area contributed by atoms with Crippen molar-refractivity contribution in [3.63, 3.8) is 0 Å². The third-order valence-electron chi connectivity index (χ3n) is 4.88. The third-order valence-corrected chi connectivity index (χ3v) is 4.88. The van der Waals surface area contributed by atoms with E-state index in [0.29, 0.717) is 37.1 Å². The predicted molar refractivity (Wildman–Crippen MR) is 102 cm³/mol. The fourth-order valence-electron chi connectivity index (χ4n) is 3.32. The fraction of sp³-hybridized carbons (Fsp3) is 0.316. The van der Waals surface area contributed by atoms with Gasteiger partial charge in [-0.3, -0.25) is 9.59 Å². The summed E-state index contributed by atoms with van der Waals surface area (Å²) in [7, 11) is 0. The van der Waals surface area contributed by atoms with Gasteiger partial charge in [0.15, 0.2) is 0 Å². The maximum absolute atomic E-state index is 12.9. The van der Waals surface area contributed by atoms with E-state index in [9.17, 15) is 9.59 Å². The summed E-state index contributed by atoms with van der Waals surface area (Å²) >= 11 is 0. The van der Waals surface area contributed by atoms with E-state index in [2.05, 4.69) is 20.2 Å². The lowest BCUT2D eigenvalue weighted by molar-refractivity contribution is -0.135. The Morgan fingerprint density at radius 2 is 1.78 bits per heavy atom. The Morgan fingerprint density at radius 3 is 2.52 bits per heavy atom. The van der Waals surface area contributed by atoms with Gasteiger partial charge in [-0.2, -0.15) is 4.68 Å². The molecule has 1 amide bonds. The lowest BCUT2D eigenvalue weighted by atomic mass is 10.2. The molecule has 3 aromatic rings. The molecular formula is C19H20N6O2. The first kappa shape index (κ1) is 17.1. The first-order valence-corrected chi connectivity index (χ1v) is 8.94. The number of carbonyl (C=O) groups excluding carboxylic acids is 1. The summed E-state index contributed by atoms with van der Waals surface area (Å²) < 4.78 is 1.18. The molecule has 27 heavy (non-hydrogen) atoms. The molecule has 0 saturated carbocycles. The zero-order chi connectivity index (χ0) is 18.8. The maximum Gasteiger partial charge on any atom is 0.278 e. The number of hydrogen-bond acceptors (Lipinski definition) is 6. The topological polar surface area (TPSA) is 84.2 Å². The molecule has 0 unspecified atom stereocenters. The average molecular weight is 364 g/mol. The Bertz CT molecular complexity index is 1010. The number of hydrogen-bond donors (Lipinski definition) is 0. The van der Waals surface area contributed by atoms with Crippen LogP contribution in [0.3, 0.4) is 0 Å². The highest BCUT2D eigenvalue weighted by atomic mass is 16.2. The van der Waals surface area contributed by atoms with Gasteiger partial charge < -0.3 is 9.80 Å². The van der Waals surface area contributed by atoms with Crippen LogP contribution in [0.25, 0.3) is 10.9 Å². The number of pyridine rings is 1. The number of amides is 1. The molecule has 2 aromatic heterocycles. The number of piperazine rings is 1. The second-order valence-corrected chi connectivity index (χ2v) is 6.53. The van der Waals surface area contributed by atoms with Crippen molar-refractivity contribution in [1.29, 1.82) is 0 Å². The maximum atomic E-state index is 12.9. The average Bonchev–Trinajstić information content (AvgIpc) is 2.74. The predicted octanol–water partition coefficient (Wildman–Crippen LogP) is 1.10. The second kappa shape index (κ2) is 7.14. The first-order chi connectivity index (χ1) is 13.1. The number of anilines is 1. The zero-order valence-electron chi connectivity index (χ0n) is 15.0. The van der Waals surface area contributed by atoms with Crippen LogP contribution in [0.2, 0.25) is 0 Å². The van der Waals surface area contributed by atoms with Gasteiger partial charge in [-0.25, -0.2) is 4.98 Å². The molecule has 4 rings (SSSR count). The molecule has 3 heterocycles. The van der Waals surface area contributed by atoms with Crippen molar-refractivity contribution in [2.45, 2.75) is 13.0 Å². The Kier molecular flexibility index (Phi) is 4.53. The second-order valence-electron chi connectivity index (χ2n) is 6.53. The van der Waals surface area contributed by atoms with Crippen molar-refractivity contribution >= 4 is 22.6 Å². The Morgan fingerprint density at radius 1 is 1.04 bits per heavy atom. The minimum atomic E-state index is -0.698. The van der Waals surface area contributed by atoms with Crippen LogP contribution >= 0.6 is 0 Å². The molecule has 0 bridgehead atoms. The Hall–Kier alpha value is -3.29. The van der Waals surface area contributed by atoms with E-state index >= 15 is 0 Å². The van der Waals surface area contributed by atoms with Crippen LogP contribution in [0.5, 0.6) is 0 Å². The standard InChI is InChI=1S/C19H20N6O2/c1-14(25-19(27)15-6-2-3-7-16(15)21-22-25)18(26)24-12-10-23(11-13-24)17-8-4-5-9-20-17/h2-9,14H,10-13H2,1H3/t14-/m0/s1. The van der Waals surface area contributed by atoms with Crippen LogP contribution in [0.4, 0.5) is 5.82 Å². The van der Waals surface area contributed by atoms with Crippen LogP contribution in [0, 0.1) is 0 Å². The quantitative estimate of drug-likeness (QED) is 0.692. The summed E-state index contributed by atoms with van der Waals surface area (Å²) in [5.41, 5.74) is 0.232. The summed E-state index contributed by atoms with van der Waals surface area (Å²) in [4.78, 5) is 33.8. The first-order valence-electron chi connectivity index (χ1n) is 8.94. The summed E-state index contributed by atoms with van der Waals surface area (Å²) in [5.74, 6) is 0.789. The molecule has 1 aliphatic heterocycles. The number of aromatic nitrogens is 4. The van der Waals surface area contributed by atoms with Crippen molar-refractivity contribution in [2.75, 3.05) is 31.1 Å². The molecule has 0 aliphatic carbocycles. The molecule has 8 nitrogen and oxygen atoms in total. The van der Waals surface area contributed by atoms with Gasteiger partial charge in [0.2, 0.25) is 5.91 Å². The molecule has 138 valence electrons. The van der Waals surface area contributed by atoms with E-state index in [1.807, 2.05) is 18.2 Å². The molecular weight excluding hydrogens is 344 g/mol. The fourth-order valence-corrected chi connectivity index (χ4v) is 3.32. The third kappa shape index (κ3) is 3.25. The van der Waals surface area contributed by atoms with Crippen molar-refractivity contribution < 1.29 is 4.79 Å². The van der Waals surface area contributed by atoms with E-state index in [0.717, 1.165) is 5.82 Å². The lowest BCUT2D eigenvalue weighted by Crippen LogP contribution is -2.51. The number of rotatable bonds is 3. The summed E-state index contributed by atoms with van der Waals surface area (Å²) in [6.07, 6.45) is 1.76. The minimum Gasteiger partial charge on any atom is -0.353 e. The number of fused-ring (bicyclic) bond motifs is 1.